The van der Waals surface area contributed by atoms with Crippen LogP contribution in [0.2, 0.25) is 0 Å². The van der Waals surface area contributed by atoms with Gasteiger partial charge < -0.3 is 13.7 Å². The summed E-state index contributed by atoms with van der Waals surface area (Å²) >= 11 is 0. The molecule has 4 rings (SSSR count). The molecule has 0 spiro atoms. The Morgan fingerprint density at radius 2 is 1.81 bits per heavy atom. The van der Waals surface area contributed by atoms with Gasteiger partial charge in [0, 0.05) is 23.6 Å². The number of carbonyl (C=O) groups excluding carboxylic acids is 1. The van der Waals surface area contributed by atoms with E-state index in [4.69, 9.17) is 8.83 Å². The molecule has 0 bridgehead atoms. The number of benzene rings is 2. The molecule has 0 aliphatic heterocycles. The van der Waals surface area contributed by atoms with E-state index >= 15 is 0 Å². The van der Waals surface area contributed by atoms with Gasteiger partial charge in [-0.15, -0.1) is 10.2 Å². The molecule has 27 heavy (non-hydrogen) atoms. The first-order valence-electron chi connectivity index (χ1n) is 8.66. The minimum absolute atomic E-state index is 0.203. The highest BCUT2D eigenvalue weighted by Gasteiger charge is 2.22. The van der Waals surface area contributed by atoms with Crippen LogP contribution in [0, 0.1) is 13.8 Å². The van der Waals surface area contributed by atoms with Gasteiger partial charge in [-0.3, -0.25) is 4.79 Å². The first kappa shape index (κ1) is 17.0. The Kier molecular flexibility index (Phi) is 4.24. The van der Waals surface area contributed by atoms with Crippen molar-refractivity contribution in [1.82, 2.24) is 15.1 Å². The molecule has 4 aromatic rings. The van der Waals surface area contributed by atoms with Crippen molar-refractivity contribution >= 4 is 16.9 Å². The Hall–Kier alpha value is -3.41. The van der Waals surface area contributed by atoms with Crippen molar-refractivity contribution in [3.63, 3.8) is 0 Å². The molecule has 0 aliphatic rings. The van der Waals surface area contributed by atoms with E-state index in [9.17, 15) is 4.79 Å². The maximum Gasteiger partial charge on any atom is 0.290 e. The Bertz CT molecular complexity index is 1110. The van der Waals surface area contributed by atoms with E-state index in [-0.39, 0.29) is 12.5 Å². The molecule has 6 nitrogen and oxygen atoms in total. The summed E-state index contributed by atoms with van der Waals surface area (Å²) in [5, 5.41) is 9.05. The molecule has 0 N–H and O–H groups in total. The highest BCUT2D eigenvalue weighted by molar-refractivity contribution is 5.98. The summed E-state index contributed by atoms with van der Waals surface area (Å²) in [6.07, 6.45) is 0. The van der Waals surface area contributed by atoms with Gasteiger partial charge in [0.1, 0.15) is 5.58 Å². The zero-order valence-corrected chi connectivity index (χ0v) is 15.4. The number of hydrogen-bond acceptors (Lipinski definition) is 5. The predicted octanol–water partition coefficient (Wildman–Crippen LogP) is 4.37. The van der Waals surface area contributed by atoms with Crippen LogP contribution in [0.25, 0.3) is 22.4 Å². The largest absolute Gasteiger partial charge is 0.451 e. The molecule has 0 radical (unpaired) electrons. The molecule has 0 saturated carbocycles. The van der Waals surface area contributed by atoms with E-state index in [1.54, 1.807) is 7.05 Å². The number of carbonyl (C=O) groups is 1. The van der Waals surface area contributed by atoms with Gasteiger partial charge in [-0.05, 0) is 38.1 Å². The normalized spacial score (nSPS) is 11.1. The summed E-state index contributed by atoms with van der Waals surface area (Å²) in [7, 11) is 1.69. The molecule has 2 aromatic heterocycles. The van der Waals surface area contributed by atoms with E-state index in [1.807, 2.05) is 62.4 Å². The molecule has 2 heterocycles. The van der Waals surface area contributed by atoms with Gasteiger partial charge in [-0.1, -0.05) is 29.8 Å². The lowest BCUT2D eigenvalue weighted by atomic mass is 10.1. The molecule has 6 heteroatoms. The van der Waals surface area contributed by atoms with Gasteiger partial charge in [0.2, 0.25) is 11.8 Å². The average Bonchev–Trinajstić information content (AvgIpc) is 3.27. The highest BCUT2D eigenvalue weighted by Crippen LogP contribution is 2.27. The minimum atomic E-state index is -0.221. The lowest BCUT2D eigenvalue weighted by Gasteiger charge is -2.13. The van der Waals surface area contributed by atoms with Crippen LogP contribution < -0.4 is 0 Å². The topological polar surface area (TPSA) is 72.4 Å². The lowest BCUT2D eigenvalue weighted by molar-refractivity contribution is 0.0743. The fourth-order valence-corrected chi connectivity index (χ4v) is 3.00. The second-order valence-electron chi connectivity index (χ2n) is 6.58. The van der Waals surface area contributed by atoms with Crippen molar-refractivity contribution in [2.75, 3.05) is 7.05 Å². The number of hydrogen-bond donors (Lipinski definition) is 0. The summed E-state index contributed by atoms with van der Waals surface area (Å²) in [6, 6.07) is 15.4. The van der Waals surface area contributed by atoms with Gasteiger partial charge in [-0.25, -0.2) is 0 Å². The maximum absolute atomic E-state index is 12.8. The quantitative estimate of drug-likeness (QED) is 0.540. The minimum Gasteiger partial charge on any atom is -0.451 e. The summed E-state index contributed by atoms with van der Waals surface area (Å²) in [5.41, 5.74) is 3.51. The monoisotopic (exact) mass is 361 g/mol. The number of fused-ring (bicyclic) bond motifs is 1. The Labute approximate surface area is 156 Å². The summed E-state index contributed by atoms with van der Waals surface area (Å²) in [5.74, 6) is 0.915. The van der Waals surface area contributed by atoms with Crippen molar-refractivity contribution in [2.45, 2.75) is 20.4 Å². The maximum atomic E-state index is 12.8. The molecule has 1 amide bonds. The van der Waals surface area contributed by atoms with E-state index < -0.39 is 0 Å². The van der Waals surface area contributed by atoms with Crippen LogP contribution in [0.1, 0.15) is 27.6 Å². The Morgan fingerprint density at radius 3 is 2.59 bits per heavy atom. The van der Waals surface area contributed by atoms with Gasteiger partial charge in [0.05, 0.1) is 6.54 Å². The van der Waals surface area contributed by atoms with Crippen LogP contribution >= 0.6 is 0 Å². The van der Waals surface area contributed by atoms with Crippen LogP contribution in [0.15, 0.2) is 57.4 Å². The zero-order chi connectivity index (χ0) is 19.0. The van der Waals surface area contributed by atoms with Gasteiger partial charge in [-0.2, -0.15) is 0 Å². The average molecular weight is 361 g/mol. The number of aryl methyl sites for hydroxylation is 2. The first-order chi connectivity index (χ1) is 13.0. The second kappa shape index (κ2) is 6.72. The molecular weight excluding hydrogens is 342 g/mol. The van der Waals surface area contributed by atoms with E-state index in [2.05, 4.69) is 10.2 Å². The van der Waals surface area contributed by atoms with Gasteiger partial charge in [0.15, 0.2) is 5.76 Å². The molecule has 136 valence electrons. The van der Waals surface area contributed by atoms with E-state index in [0.717, 1.165) is 22.1 Å². The zero-order valence-electron chi connectivity index (χ0n) is 15.4. The summed E-state index contributed by atoms with van der Waals surface area (Å²) in [4.78, 5) is 14.4. The number of aromatic nitrogens is 2. The van der Waals surface area contributed by atoms with Crippen LogP contribution in [0.4, 0.5) is 0 Å². The first-order valence-corrected chi connectivity index (χ1v) is 8.66. The molecule has 2 aromatic carbocycles. The number of amides is 1. The fourth-order valence-electron chi connectivity index (χ4n) is 3.00. The van der Waals surface area contributed by atoms with Gasteiger partial charge in [0.25, 0.3) is 5.91 Å². The van der Waals surface area contributed by atoms with E-state index in [1.165, 1.54) is 4.90 Å². The molecule has 0 unspecified atom stereocenters. The second-order valence-corrected chi connectivity index (χ2v) is 6.58. The van der Waals surface area contributed by atoms with Crippen LogP contribution in [-0.2, 0) is 6.54 Å². The lowest BCUT2D eigenvalue weighted by Crippen LogP contribution is -2.26. The van der Waals surface area contributed by atoms with Crippen molar-refractivity contribution in [3.8, 4) is 11.5 Å². The third-order valence-electron chi connectivity index (χ3n) is 4.49. The Morgan fingerprint density at radius 1 is 1.04 bits per heavy atom. The number of furan rings is 1. The fraction of sp³-hybridized carbons (Fsp3) is 0.190. The summed E-state index contributed by atoms with van der Waals surface area (Å²) in [6.45, 7) is 4.11. The van der Waals surface area contributed by atoms with E-state index in [0.29, 0.717) is 23.1 Å². The van der Waals surface area contributed by atoms with Crippen molar-refractivity contribution in [1.29, 1.82) is 0 Å². The third kappa shape index (κ3) is 3.21. The molecule has 0 saturated heterocycles. The van der Waals surface area contributed by atoms with Crippen molar-refractivity contribution in [3.05, 3.63) is 71.3 Å². The SMILES string of the molecule is Cc1ccc2oc(C(=O)N(C)Cc3nnc(-c4ccccc4)o3)c(C)c2c1. The highest BCUT2D eigenvalue weighted by atomic mass is 16.4. The number of nitrogens with zero attached hydrogens (tertiary/aromatic N) is 3. The Balaban J connectivity index is 1.55. The third-order valence-corrected chi connectivity index (χ3v) is 4.49. The van der Waals surface area contributed by atoms with Crippen LogP contribution in [-0.4, -0.2) is 28.1 Å². The molecule has 0 atom stereocenters. The molecular formula is C21H19N3O3. The predicted molar refractivity (Wildman–Crippen MR) is 101 cm³/mol. The van der Waals surface area contributed by atoms with Gasteiger partial charge >= 0.3 is 0 Å². The van der Waals surface area contributed by atoms with Crippen molar-refractivity contribution < 1.29 is 13.6 Å². The van der Waals surface area contributed by atoms with Crippen LogP contribution in [0.3, 0.4) is 0 Å². The standard InChI is InChI=1S/C21H19N3O3/c1-13-9-10-17-16(11-13)14(2)19(26-17)21(25)24(3)12-18-22-23-20(27-18)15-7-5-4-6-8-15/h4-11H,12H2,1-3H3. The number of rotatable bonds is 4. The van der Waals surface area contributed by atoms with Crippen molar-refractivity contribution in [2.24, 2.45) is 0 Å². The molecule has 0 fully saturated rings. The molecule has 0 aliphatic carbocycles. The summed E-state index contributed by atoms with van der Waals surface area (Å²) < 4.78 is 11.5. The smallest absolute Gasteiger partial charge is 0.290 e. The van der Waals surface area contributed by atoms with Crippen LogP contribution in [0.5, 0.6) is 0 Å².